The number of aromatic nitrogens is 1. The number of fused-ring (bicyclic) bond motifs is 1. The fraction of sp³-hybridized carbons (Fsp3) is 0.0769. The molecule has 3 aromatic carbocycles. The molecule has 4 nitrogen and oxygen atoms in total. The van der Waals surface area contributed by atoms with Crippen molar-refractivity contribution in [1.82, 2.24) is 0 Å². The van der Waals surface area contributed by atoms with Crippen LogP contribution in [0.15, 0.2) is 102 Å². The van der Waals surface area contributed by atoms with Crippen molar-refractivity contribution in [3.63, 3.8) is 0 Å². The fourth-order valence-corrected chi connectivity index (χ4v) is 3.60. The maximum atomic E-state index is 6.17. The third-order valence-electron chi connectivity index (χ3n) is 5.19. The second kappa shape index (κ2) is 7.84. The van der Waals surface area contributed by atoms with Crippen LogP contribution in [-0.4, -0.2) is 19.4 Å². The van der Waals surface area contributed by atoms with E-state index in [0.717, 1.165) is 45.3 Å². The van der Waals surface area contributed by atoms with Crippen molar-refractivity contribution in [3.05, 3.63) is 103 Å². The third kappa shape index (κ3) is 3.44. The van der Waals surface area contributed by atoms with E-state index in [-0.39, 0.29) is 0 Å². The van der Waals surface area contributed by atoms with E-state index in [1.165, 1.54) is 0 Å². The van der Waals surface area contributed by atoms with Gasteiger partial charge in [0, 0.05) is 22.3 Å². The lowest BCUT2D eigenvalue weighted by Crippen LogP contribution is -2.40. The van der Waals surface area contributed by atoms with Gasteiger partial charge >= 0.3 is 5.88 Å². The Morgan fingerprint density at radius 3 is 2.07 bits per heavy atom. The van der Waals surface area contributed by atoms with E-state index in [0.29, 0.717) is 6.61 Å². The van der Waals surface area contributed by atoms with Crippen LogP contribution >= 0.6 is 0 Å². The monoisotopic (exact) mass is 393 g/mol. The van der Waals surface area contributed by atoms with Gasteiger partial charge in [-0.1, -0.05) is 48.5 Å². The van der Waals surface area contributed by atoms with E-state index in [2.05, 4.69) is 36.4 Å². The lowest BCUT2D eigenvalue weighted by Gasteiger charge is -2.14. The third-order valence-corrected chi connectivity index (χ3v) is 5.19. The molecular weight excluding hydrogens is 372 g/mol. The van der Waals surface area contributed by atoms with Gasteiger partial charge in [0.2, 0.25) is 5.69 Å². The number of benzene rings is 3. The standard InChI is InChI=1S/C26H21N2O2/c1-29-23-14-12-20(13-15-23)24-18-30-26-17-22(19-8-4-2-5-9-19)16-25(28(26)27-24)21-10-6-3-7-11-21/h2-17H,18H2,1H3/q+1. The Bertz CT molecular complexity index is 1200. The van der Waals surface area contributed by atoms with Gasteiger partial charge in [0.25, 0.3) is 0 Å². The highest BCUT2D eigenvalue weighted by atomic mass is 16.5. The molecule has 5 rings (SSSR count). The van der Waals surface area contributed by atoms with Crippen LogP contribution in [0.1, 0.15) is 5.56 Å². The Labute approximate surface area is 175 Å². The van der Waals surface area contributed by atoms with Crippen LogP contribution in [0.2, 0.25) is 0 Å². The van der Waals surface area contributed by atoms with Crippen molar-refractivity contribution < 1.29 is 14.1 Å². The van der Waals surface area contributed by atoms with Crippen molar-refractivity contribution in [1.29, 1.82) is 0 Å². The summed E-state index contributed by atoms with van der Waals surface area (Å²) in [4.78, 5) is 0. The van der Waals surface area contributed by atoms with Gasteiger partial charge in [-0.25, -0.2) is 0 Å². The lowest BCUT2D eigenvalue weighted by molar-refractivity contribution is -0.676. The average molecular weight is 393 g/mol. The second-order valence-corrected chi connectivity index (χ2v) is 7.08. The van der Waals surface area contributed by atoms with Crippen molar-refractivity contribution in [2.24, 2.45) is 5.10 Å². The van der Waals surface area contributed by atoms with E-state index >= 15 is 0 Å². The first kappa shape index (κ1) is 18.1. The molecule has 146 valence electrons. The zero-order valence-corrected chi connectivity index (χ0v) is 16.7. The molecule has 1 aliphatic rings. The highest BCUT2D eigenvalue weighted by Gasteiger charge is 2.28. The zero-order valence-electron chi connectivity index (χ0n) is 16.7. The summed E-state index contributed by atoms with van der Waals surface area (Å²) in [7, 11) is 1.67. The minimum Gasteiger partial charge on any atom is -0.497 e. The molecule has 0 radical (unpaired) electrons. The maximum absolute atomic E-state index is 6.17. The van der Waals surface area contributed by atoms with Crippen LogP contribution in [0.5, 0.6) is 11.6 Å². The molecule has 2 heterocycles. The maximum Gasteiger partial charge on any atom is 0.400 e. The van der Waals surface area contributed by atoms with Crippen molar-refractivity contribution in [3.8, 4) is 34.0 Å². The lowest BCUT2D eigenvalue weighted by atomic mass is 10.0. The molecule has 0 N–H and O–H groups in total. The predicted octanol–water partition coefficient (Wildman–Crippen LogP) is 4.96. The van der Waals surface area contributed by atoms with Gasteiger partial charge in [-0.3, -0.25) is 0 Å². The first-order valence-corrected chi connectivity index (χ1v) is 9.88. The van der Waals surface area contributed by atoms with Crippen molar-refractivity contribution in [2.75, 3.05) is 13.7 Å². The predicted molar refractivity (Wildman–Crippen MR) is 118 cm³/mol. The molecule has 1 aliphatic heterocycles. The number of ether oxygens (including phenoxy) is 2. The van der Waals surface area contributed by atoms with E-state index < -0.39 is 0 Å². The first-order valence-electron chi connectivity index (χ1n) is 9.88. The summed E-state index contributed by atoms with van der Waals surface area (Å²) in [5, 5.41) is 4.95. The SMILES string of the molecule is COc1ccc(C2=N[n+]3c(cc(-c4ccccc4)cc3-c3ccccc3)OC2)cc1. The highest BCUT2D eigenvalue weighted by Crippen LogP contribution is 2.29. The van der Waals surface area contributed by atoms with Crippen LogP contribution < -0.4 is 14.1 Å². The molecule has 0 atom stereocenters. The summed E-state index contributed by atoms with van der Waals surface area (Å²) in [5.74, 6) is 1.55. The molecule has 30 heavy (non-hydrogen) atoms. The van der Waals surface area contributed by atoms with E-state index in [1.54, 1.807) is 7.11 Å². The Balaban J connectivity index is 1.66. The zero-order chi connectivity index (χ0) is 20.3. The summed E-state index contributed by atoms with van der Waals surface area (Å²) in [5.41, 5.74) is 6.20. The fourth-order valence-electron chi connectivity index (χ4n) is 3.60. The van der Waals surface area contributed by atoms with Crippen LogP contribution in [0.25, 0.3) is 22.4 Å². The van der Waals surface area contributed by atoms with Gasteiger partial charge in [0.05, 0.1) is 13.2 Å². The number of pyridine rings is 1. The van der Waals surface area contributed by atoms with Gasteiger partial charge in [-0.05, 0) is 52.2 Å². The van der Waals surface area contributed by atoms with E-state index in [1.807, 2.05) is 65.3 Å². The molecule has 0 amide bonds. The van der Waals surface area contributed by atoms with Gasteiger partial charge in [0.15, 0.2) is 5.71 Å². The topological polar surface area (TPSA) is 34.7 Å². The van der Waals surface area contributed by atoms with Crippen LogP contribution in [-0.2, 0) is 0 Å². The Morgan fingerprint density at radius 1 is 0.733 bits per heavy atom. The number of nitrogens with zero attached hydrogens (tertiary/aromatic N) is 2. The number of hydrogen-bond acceptors (Lipinski definition) is 3. The normalized spacial score (nSPS) is 12.5. The van der Waals surface area contributed by atoms with Crippen LogP contribution in [0.4, 0.5) is 0 Å². The molecule has 0 saturated carbocycles. The Kier molecular flexibility index (Phi) is 4.74. The van der Waals surface area contributed by atoms with Gasteiger partial charge in [-0.15, -0.1) is 0 Å². The summed E-state index contributed by atoms with van der Waals surface area (Å²) in [6.07, 6.45) is 0. The van der Waals surface area contributed by atoms with Gasteiger partial charge < -0.3 is 9.47 Å². The molecule has 1 aromatic heterocycles. The molecule has 4 heteroatoms. The van der Waals surface area contributed by atoms with Gasteiger partial charge in [0.1, 0.15) is 12.4 Å². The molecular formula is C26H21N2O2+. The van der Waals surface area contributed by atoms with Crippen molar-refractivity contribution in [2.45, 2.75) is 0 Å². The highest BCUT2D eigenvalue weighted by molar-refractivity contribution is 6.01. The number of methoxy groups -OCH3 is 1. The largest absolute Gasteiger partial charge is 0.497 e. The quantitative estimate of drug-likeness (QED) is 0.459. The molecule has 0 fully saturated rings. The van der Waals surface area contributed by atoms with Crippen LogP contribution in [0.3, 0.4) is 0 Å². The van der Waals surface area contributed by atoms with E-state index in [4.69, 9.17) is 14.6 Å². The van der Waals surface area contributed by atoms with E-state index in [9.17, 15) is 0 Å². The molecule has 0 unspecified atom stereocenters. The average Bonchev–Trinajstić information content (AvgIpc) is 2.84. The first-order chi connectivity index (χ1) is 14.8. The molecule has 0 bridgehead atoms. The summed E-state index contributed by atoms with van der Waals surface area (Å²) in [6.45, 7) is 0.415. The molecule has 0 aliphatic carbocycles. The second-order valence-electron chi connectivity index (χ2n) is 7.08. The minimum atomic E-state index is 0.415. The van der Waals surface area contributed by atoms with Crippen LogP contribution in [0, 0.1) is 0 Å². The minimum absolute atomic E-state index is 0.415. The smallest absolute Gasteiger partial charge is 0.400 e. The molecule has 0 saturated heterocycles. The molecule has 4 aromatic rings. The number of hydrogen-bond donors (Lipinski definition) is 0. The summed E-state index contributed by atoms with van der Waals surface area (Å²) < 4.78 is 13.3. The van der Waals surface area contributed by atoms with Gasteiger partial charge in [-0.2, -0.15) is 0 Å². The Morgan fingerprint density at radius 2 is 1.40 bits per heavy atom. The number of rotatable bonds is 4. The summed E-state index contributed by atoms with van der Waals surface area (Å²) in [6, 6.07) is 32.7. The summed E-state index contributed by atoms with van der Waals surface area (Å²) >= 11 is 0. The Hall–Kier alpha value is -3.92. The van der Waals surface area contributed by atoms with Crippen molar-refractivity contribution >= 4 is 5.71 Å². The molecule has 0 spiro atoms.